The van der Waals surface area contributed by atoms with Gasteiger partial charge in [-0.15, -0.1) is 0 Å². The monoisotopic (exact) mass is 230 g/mol. The number of carbonyl (C=O) groups is 1. The summed E-state index contributed by atoms with van der Waals surface area (Å²) in [5.74, 6) is -0.884. The fourth-order valence-electron chi connectivity index (χ4n) is 2.50. The van der Waals surface area contributed by atoms with Crippen molar-refractivity contribution >= 4 is 13.1 Å². The topological polar surface area (TPSA) is 130 Å². The van der Waals surface area contributed by atoms with Crippen molar-refractivity contribution in [2.45, 2.75) is 31.1 Å². The summed E-state index contributed by atoms with van der Waals surface area (Å²) in [5, 5.41) is 26.6. The Balaban J connectivity index is 2.60. The molecule has 1 aliphatic rings. The van der Waals surface area contributed by atoms with E-state index in [1.54, 1.807) is 0 Å². The Morgan fingerprint density at radius 3 is 2.38 bits per heavy atom. The maximum atomic E-state index is 11.0. The summed E-state index contributed by atoms with van der Waals surface area (Å²) in [6.07, 6.45) is 1.50. The van der Waals surface area contributed by atoms with Gasteiger partial charge in [-0.25, -0.2) is 0 Å². The van der Waals surface area contributed by atoms with Crippen LogP contribution in [0.15, 0.2) is 0 Å². The van der Waals surface area contributed by atoms with E-state index in [0.29, 0.717) is 25.8 Å². The van der Waals surface area contributed by atoms with Crippen LogP contribution in [0.4, 0.5) is 0 Å². The highest BCUT2D eigenvalue weighted by Crippen LogP contribution is 2.40. The average Bonchev–Trinajstić information content (AvgIpc) is 2.53. The maximum Gasteiger partial charge on any atom is 0.451 e. The molecule has 0 aromatic rings. The first-order chi connectivity index (χ1) is 7.39. The Morgan fingerprint density at radius 1 is 1.38 bits per heavy atom. The molecule has 1 aliphatic carbocycles. The second-order valence-corrected chi connectivity index (χ2v) is 4.68. The molecule has 3 atom stereocenters. The highest BCUT2D eigenvalue weighted by molar-refractivity contribution is 6.40. The Kier molecular flexibility index (Phi) is 4.31. The smallest absolute Gasteiger partial charge is 0.451 e. The quantitative estimate of drug-likeness (QED) is 0.370. The molecule has 7 heteroatoms. The van der Waals surface area contributed by atoms with E-state index < -0.39 is 18.6 Å². The fourth-order valence-corrected chi connectivity index (χ4v) is 2.50. The molecule has 0 aromatic carbocycles. The van der Waals surface area contributed by atoms with Crippen molar-refractivity contribution in [3.8, 4) is 0 Å². The van der Waals surface area contributed by atoms with Crippen molar-refractivity contribution in [3.63, 3.8) is 0 Å². The SMILES string of the molecule is NCC1CC(N)(C(=O)O)CC1CCB(O)O. The minimum absolute atomic E-state index is 0.0554. The van der Waals surface area contributed by atoms with Crippen molar-refractivity contribution < 1.29 is 19.9 Å². The van der Waals surface area contributed by atoms with Crippen molar-refractivity contribution in [2.24, 2.45) is 23.3 Å². The number of carboxylic acid groups (broad SMARTS) is 1. The molecule has 3 unspecified atom stereocenters. The summed E-state index contributed by atoms with van der Waals surface area (Å²) in [6.45, 7) is 0.387. The third kappa shape index (κ3) is 2.94. The number of hydrogen-bond donors (Lipinski definition) is 5. The molecule has 1 saturated carbocycles. The number of hydrogen-bond acceptors (Lipinski definition) is 5. The van der Waals surface area contributed by atoms with Gasteiger partial charge in [-0.1, -0.05) is 6.42 Å². The van der Waals surface area contributed by atoms with Gasteiger partial charge in [0.15, 0.2) is 0 Å². The van der Waals surface area contributed by atoms with E-state index in [4.69, 9.17) is 26.6 Å². The zero-order valence-corrected chi connectivity index (χ0v) is 9.17. The van der Waals surface area contributed by atoms with Gasteiger partial charge in [0, 0.05) is 0 Å². The van der Waals surface area contributed by atoms with E-state index in [1.807, 2.05) is 0 Å². The Bertz CT molecular complexity index is 264. The van der Waals surface area contributed by atoms with Gasteiger partial charge in [-0.2, -0.15) is 0 Å². The van der Waals surface area contributed by atoms with Crippen LogP contribution in [0.2, 0.25) is 6.32 Å². The van der Waals surface area contributed by atoms with Crippen molar-refractivity contribution in [3.05, 3.63) is 0 Å². The van der Waals surface area contributed by atoms with Crippen LogP contribution in [0.1, 0.15) is 19.3 Å². The van der Waals surface area contributed by atoms with Crippen molar-refractivity contribution in [1.82, 2.24) is 0 Å². The van der Waals surface area contributed by atoms with Gasteiger partial charge in [-0.3, -0.25) is 4.79 Å². The molecule has 0 aliphatic heterocycles. The second-order valence-electron chi connectivity index (χ2n) is 4.68. The van der Waals surface area contributed by atoms with E-state index in [-0.39, 0.29) is 18.2 Å². The molecule has 1 rings (SSSR count). The van der Waals surface area contributed by atoms with Crippen LogP contribution in [-0.2, 0) is 4.79 Å². The predicted molar refractivity (Wildman–Crippen MR) is 59.4 cm³/mol. The van der Waals surface area contributed by atoms with Gasteiger partial charge in [0.1, 0.15) is 5.54 Å². The lowest BCUT2D eigenvalue weighted by atomic mass is 9.78. The van der Waals surface area contributed by atoms with Crippen LogP contribution in [0.5, 0.6) is 0 Å². The molecule has 0 amide bonds. The number of nitrogens with two attached hydrogens (primary N) is 2. The molecule has 0 radical (unpaired) electrons. The second kappa shape index (κ2) is 5.14. The predicted octanol–water partition coefficient (Wildman–Crippen LogP) is -1.38. The summed E-state index contributed by atoms with van der Waals surface area (Å²) in [6, 6.07) is 0. The molecule has 6 nitrogen and oxygen atoms in total. The molecule has 0 spiro atoms. The molecular weight excluding hydrogens is 211 g/mol. The molecule has 0 aromatic heterocycles. The highest BCUT2D eigenvalue weighted by atomic mass is 16.4. The van der Waals surface area contributed by atoms with Gasteiger partial charge >= 0.3 is 13.1 Å². The standard InChI is InChI=1S/C9H19BN2O4/c11-5-7-4-9(12,8(13)14)3-6(7)1-2-10(15)16/h6-7,15-16H,1-5,11-12H2,(H,13,14). The van der Waals surface area contributed by atoms with Crippen LogP contribution in [0.3, 0.4) is 0 Å². The third-order valence-corrected chi connectivity index (χ3v) is 3.44. The van der Waals surface area contributed by atoms with E-state index in [2.05, 4.69) is 0 Å². The molecule has 0 saturated heterocycles. The molecule has 0 heterocycles. The van der Waals surface area contributed by atoms with Crippen LogP contribution in [-0.4, -0.2) is 40.3 Å². The lowest BCUT2D eigenvalue weighted by Crippen LogP contribution is -2.45. The van der Waals surface area contributed by atoms with Gasteiger partial charge in [0.2, 0.25) is 0 Å². The third-order valence-electron chi connectivity index (χ3n) is 3.44. The first-order valence-electron chi connectivity index (χ1n) is 5.47. The lowest BCUT2D eigenvalue weighted by Gasteiger charge is -2.17. The molecule has 1 fully saturated rings. The van der Waals surface area contributed by atoms with Gasteiger partial charge in [0.25, 0.3) is 0 Å². The Hall–Kier alpha value is -0.625. The maximum absolute atomic E-state index is 11.0. The van der Waals surface area contributed by atoms with Crippen molar-refractivity contribution in [1.29, 1.82) is 0 Å². The summed E-state index contributed by atoms with van der Waals surface area (Å²) >= 11 is 0. The van der Waals surface area contributed by atoms with Crippen LogP contribution in [0, 0.1) is 11.8 Å². The molecule has 92 valence electrons. The average molecular weight is 230 g/mol. The first kappa shape index (κ1) is 13.4. The largest absolute Gasteiger partial charge is 0.480 e. The lowest BCUT2D eigenvalue weighted by molar-refractivity contribution is -0.143. The van der Waals surface area contributed by atoms with Crippen LogP contribution >= 0.6 is 0 Å². The van der Waals surface area contributed by atoms with Crippen LogP contribution < -0.4 is 11.5 Å². The van der Waals surface area contributed by atoms with Gasteiger partial charge in [0.05, 0.1) is 0 Å². The summed E-state index contributed by atoms with van der Waals surface area (Å²) in [4.78, 5) is 11.0. The molecule has 7 N–H and O–H groups in total. The number of aliphatic carboxylic acids is 1. The molecule has 0 bridgehead atoms. The van der Waals surface area contributed by atoms with Crippen molar-refractivity contribution in [2.75, 3.05) is 6.54 Å². The summed E-state index contributed by atoms with van der Waals surface area (Å²) in [7, 11) is -1.35. The normalized spacial score (nSPS) is 34.0. The Labute approximate surface area is 94.8 Å². The van der Waals surface area contributed by atoms with E-state index in [0.717, 1.165) is 0 Å². The van der Waals surface area contributed by atoms with E-state index in [9.17, 15) is 4.79 Å². The Morgan fingerprint density at radius 2 is 1.94 bits per heavy atom. The minimum Gasteiger partial charge on any atom is -0.480 e. The van der Waals surface area contributed by atoms with E-state index in [1.165, 1.54) is 0 Å². The summed E-state index contributed by atoms with van der Waals surface area (Å²) in [5.41, 5.74) is 10.2. The van der Waals surface area contributed by atoms with Gasteiger partial charge < -0.3 is 26.6 Å². The van der Waals surface area contributed by atoms with Crippen LogP contribution in [0.25, 0.3) is 0 Å². The van der Waals surface area contributed by atoms with E-state index >= 15 is 0 Å². The fraction of sp³-hybridized carbons (Fsp3) is 0.889. The zero-order chi connectivity index (χ0) is 12.3. The highest BCUT2D eigenvalue weighted by Gasteiger charge is 2.47. The first-order valence-corrected chi connectivity index (χ1v) is 5.47. The minimum atomic E-state index is -1.35. The molecular formula is C9H19BN2O4. The number of rotatable bonds is 5. The van der Waals surface area contributed by atoms with Gasteiger partial charge in [-0.05, 0) is 37.5 Å². The zero-order valence-electron chi connectivity index (χ0n) is 9.17. The molecule has 16 heavy (non-hydrogen) atoms. The number of carboxylic acids is 1. The summed E-state index contributed by atoms with van der Waals surface area (Å²) < 4.78 is 0.